The van der Waals surface area contributed by atoms with Crippen molar-refractivity contribution in [3.63, 3.8) is 0 Å². The molecule has 2 amide bonds. The minimum Gasteiger partial charge on any atom is -0.480 e. The maximum absolute atomic E-state index is 12.8. The minimum atomic E-state index is -1.20. The Bertz CT molecular complexity index is 990. The normalized spacial score (nSPS) is 16.6. The van der Waals surface area contributed by atoms with Crippen LogP contribution in [0, 0.1) is 5.92 Å². The summed E-state index contributed by atoms with van der Waals surface area (Å²) in [5, 5.41) is 14.4. The maximum atomic E-state index is 12.8. The van der Waals surface area contributed by atoms with Crippen LogP contribution in [0.15, 0.2) is 48.5 Å². The smallest absolute Gasteiger partial charge is 0.407 e. The molecule has 0 aliphatic heterocycles. The van der Waals surface area contributed by atoms with Gasteiger partial charge < -0.3 is 25.2 Å². The van der Waals surface area contributed by atoms with Gasteiger partial charge in [0.05, 0.1) is 6.61 Å². The maximum Gasteiger partial charge on any atom is 0.407 e. The first-order valence-corrected chi connectivity index (χ1v) is 11.1. The molecule has 4 rings (SSSR count). The number of aliphatic carboxylic acids is 1. The van der Waals surface area contributed by atoms with E-state index in [1.165, 1.54) is 7.11 Å². The van der Waals surface area contributed by atoms with Crippen LogP contribution in [0.5, 0.6) is 0 Å². The molecule has 2 atom stereocenters. The Hall–Kier alpha value is -3.39. The zero-order chi connectivity index (χ0) is 23.4. The monoisotopic (exact) mass is 452 g/mol. The van der Waals surface area contributed by atoms with Crippen molar-refractivity contribution in [2.75, 3.05) is 20.3 Å². The molecular formula is C25H28N2O6. The predicted molar refractivity (Wildman–Crippen MR) is 121 cm³/mol. The zero-order valence-electron chi connectivity index (χ0n) is 18.5. The highest BCUT2D eigenvalue weighted by molar-refractivity contribution is 5.89. The van der Waals surface area contributed by atoms with Crippen molar-refractivity contribution in [1.29, 1.82) is 0 Å². The van der Waals surface area contributed by atoms with E-state index >= 15 is 0 Å². The van der Waals surface area contributed by atoms with Crippen molar-refractivity contribution in [2.45, 2.75) is 37.3 Å². The number of carboxylic acids is 1. The number of ether oxygens (including phenoxy) is 2. The van der Waals surface area contributed by atoms with E-state index in [0.717, 1.165) is 41.5 Å². The minimum absolute atomic E-state index is 0.0533. The number of nitrogens with one attached hydrogen (secondary N) is 2. The summed E-state index contributed by atoms with van der Waals surface area (Å²) in [5.74, 6) is -1.88. The Balaban J connectivity index is 1.41. The number of hydrogen-bond donors (Lipinski definition) is 3. The fourth-order valence-electron chi connectivity index (χ4n) is 4.54. The molecule has 0 radical (unpaired) electrons. The first kappa shape index (κ1) is 22.8. The van der Waals surface area contributed by atoms with Crippen LogP contribution < -0.4 is 10.6 Å². The van der Waals surface area contributed by atoms with Crippen LogP contribution in [0.4, 0.5) is 4.79 Å². The first-order valence-electron chi connectivity index (χ1n) is 11.1. The molecule has 2 aromatic carbocycles. The van der Waals surface area contributed by atoms with Crippen LogP contribution in [0.1, 0.15) is 36.3 Å². The third-order valence-electron chi connectivity index (χ3n) is 6.47. The number of benzene rings is 2. The molecule has 0 bridgehead atoms. The quantitative estimate of drug-likeness (QED) is 0.539. The zero-order valence-corrected chi connectivity index (χ0v) is 18.5. The lowest BCUT2D eigenvalue weighted by molar-refractivity contribution is -0.144. The van der Waals surface area contributed by atoms with E-state index in [0.29, 0.717) is 0 Å². The second-order valence-electron chi connectivity index (χ2n) is 8.49. The van der Waals surface area contributed by atoms with Gasteiger partial charge >= 0.3 is 12.1 Å². The third-order valence-corrected chi connectivity index (χ3v) is 6.47. The second kappa shape index (κ2) is 10.0. The van der Waals surface area contributed by atoms with Gasteiger partial charge in [-0.15, -0.1) is 0 Å². The number of hydrogen-bond acceptors (Lipinski definition) is 5. The van der Waals surface area contributed by atoms with Gasteiger partial charge in [-0.05, 0) is 41.0 Å². The number of rotatable bonds is 9. The van der Waals surface area contributed by atoms with Crippen LogP contribution in [0.3, 0.4) is 0 Å². The molecular weight excluding hydrogens is 424 g/mol. The molecule has 33 heavy (non-hydrogen) atoms. The molecule has 1 unspecified atom stereocenters. The number of carbonyl (C=O) groups is 3. The van der Waals surface area contributed by atoms with Crippen molar-refractivity contribution in [3.05, 3.63) is 59.7 Å². The van der Waals surface area contributed by atoms with Gasteiger partial charge in [0, 0.05) is 13.0 Å². The molecule has 1 fully saturated rings. The van der Waals surface area contributed by atoms with E-state index in [1.54, 1.807) is 0 Å². The molecule has 2 aliphatic rings. The average Bonchev–Trinajstić information content (AvgIpc) is 3.09. The summed E-state index contributed by atoms with van der Waals surface area (Å²) in [6, 6.07) is 14.1. The Morgan fingerprint density at radius 1 is 1.00 bits per heavy atom. The van der Waals surface area contributed by atoms with Crippen LogP contribution >= 0.6 is 0 Å². The summed E-state index contributed by atoms with van der Waals surface area (Å²) in [5.41, 5.74) is 4.46. The summed E-state index contributed by atoms with van der Waals surface area (Å²) in [6.07, 6.45) is 1.83. The molecule has 0 saturated heterocycles. The molecule has 0 heterocycles. The number of methoxy groups -OCH3 is 1. The number of alkyl carbamates (subject to hydrolysis) is 1. The van der Waals surface area contributed by atoms with E-state index in [4.69, 9.17) is 9.47 Å². The van der Waals surface area contributed by atoms with Crippen molar-refractivity contribution in [2.24, 2.45) is 5.92 Å². The summed E-state index contributed by atoms with van der Waals surface area (Å²) in [7, 11) is 1.36. The van der Waals surface area contributed by atoms with Crippen LogP contribution in [0.2, 0.25) is 0 Å². The van der Waals surface area contributed by atoms with Gasteiger partial charge in [0.15, 0.2) is 6.04 Å². The van der Waals surface area contributed by atoms with Gasteiger partial charge in [-0.25, -0.2) is 9.59 Å². The Labute approximate surface area is 192 Å². The number of carbonyl (C=O) groups excluding carboxylic acids is 2. The fraction of sp³-hybridized carbons (Fsp3) is 0.400. The second-order valence-corrected chi connectivity index (χ2v) is 8.49. The summed E-state index contributed by atoms with van der Waals surface area (Å²) < 4.78 is 10.4. The summed E-state index contributed by atoms with van der Waals surface area (Å²) in [6.45, 7) is -0.0241. The van der Waals surface area contributed by atoms with Crippen molar-refractivity contribution < 1.29 is 29.0 Å². The molecule has 0 aromatic heterocycles. The largest absolute Gasteiger partial charge is 0.480 e. The summed E-state index contributed by atoms with van der Waals surface area (Å²) in [4.78, 5) is 36.8. The first-order chi connectivity index (χ1) is 16.0. The van der Waals surface area contributed by atoms with Gasteiger partial charge in [-0.3, -0.25) is 4.79 Å². The highest BCUT2D eigenvalue weighted by atomic mass is 16.5. The van der Waals surface area contributed by atoms with Crippen molar-refractivity contribution >= 4 is 18.0 Å². The van der Waals surface area contributed by atoms with Gasteiger partial charge in [0.2, 0.25) is 5.91 Å². The Kier molecular flexibility index (Phi) is 6.93. The molecule has 174 valence electrons. The van der Waals surface area contributed by atoms with E-state index in [2.05, 4.69) is 22.8 Å². The standard InChI is InChI=1S/C25H28N2O6/c1-32-14-21(24(29)30)26-23(28)22(15-7-6-8-15)27-25(31)33-13-20-18-11-4-2-9-16(18)17-10-3-5-12-19(17)20/h2-5,9-12,15,20-22H,6-8,13-14H2,1H3,(H,26,28)(H,27,31)(H,29,30)/t21-,22?/m0/s1. The number of fused-ring (bicyclic) bond motifs is 3. The Morgan fingerprint density at radius 3 is 2.12 bits per heavy atom. The number of carboxylic acid groups (broad SMARTS) is 1. The molecule has 0 spiro atoms. The van der Waals surface area contributed by atoms with Gasteiger partial charge in [0.1, 0.15) is 12.6 Å². The lowest BCUT2D eigenvalue weighted by atomic mass is 9.79. The van der Waals surface area contributed by atoms with E-state index in [1.807, 2.05) is 36.4 Å². The molecule has 8 nitrogen and oxygen atoms in total. The summed E-state index contributed by atoms with van der Waals surface area (Å²) >= 11 is 0. The highest BCUT2D eigenvalue weighted by Crippen LogP contribution is 2.44. The lowest BCUT2D eigenvalue weighted by Crippen LogP contribution is -2.56. The van der Waals surface area contributed by atoms with Crippen molar-refractivity contribution in [3.8, 4) is 11.1 Å². The molecule has 2 aromatic rings. The van der Waals surface area contributed by atoms with Gasteiger partial charge in [-0.1, -0.05) is 55.0 Å². The van der Waals surface area contributed by atoms with Gasteiger partial charge in [-0.2, -0.15) is 0 Å². The highest BCUT2D eigenvalue weighted by Gasteiger charge is 2.36. The van der Waals surface area contributed by atoms with E-state index < -0.39 is 30.1 Å². The topological polar surface area (TPSA) is 114 Å². The molecule has 1 saturated carbocycles. The van der Waals surface area contributed by atoms with E-state index in [-0.39, 0.29) is 25.0 Å². The van der Waals surface area contributed by atoms with Gasteiger partial charge in [0.25, 0.3) is 0 Å². The SMILES string of the molecule is COC[C@H](NC(=O)C(NC(=O)OCC1c2ccccc2-c2ccccc21)C1CCC1)C(=O)O. The number of amides is 2. The molecule has 2 aliphatic carbocycles. The predicted octanol–water partition coefficient (Wildman–Crippen LogP) is 2.91. The lowest BCUT2D eigenvalue weighted by Gasteiger charge is -2.33. The molecule has 8 heteroatoms. The third kappa shape index (κ3) is 4.85. The van der Waals surface area contributed by atoms with E-state index in [9.17, 15) is 19.5 Å². The van der Waals surface area contributed by atoms with Crippen molar-refractivity contribution in [1.82, 2.24) is 10.6 Å². The average molecular weight is 453 g/mol. The van der Waals surface area contributed by atoms with Crippen LogP contribution in [-0.2, 0) is 19.1 Å². The fourth-order valence-corrected chi connectivity index (χ4v) is 4.54. The Morgan fingerprint density at radius 2 is 1.61 bits per heavy atom. The van der Waals surface area contributed by atoms with Crippen LogP contribution in [-0.4, -0.2) is 55.5 Å². The molecule has 3 N–H and O–H groups in total. The van der Waals surface area contributed by atoms with Crippen LogP contribution in [0.25, 0.3) is 11.1 Å².